The van der Waals surface area contributed by atoms with Gasteiger partial charge < -0.3 is 4.90 Å². The predicted octanol–water partition coefficient (Wildman–Crippen LogP) is 2.52. The number of hydrogen-bond donors (Lipinski definition) is 0. The number of benzene rings is 1. The molecule has 26 heavy (non-hydrogen) atoms. The molecule has 7 heteroatoms. The number of rotatable bonds is 3. The third-order valence-electron chi connectivity index (χ3n) is 5.15. The van der Waals surface area contributed by atoms with Crippen LogP contribution in [0.2, 0.25) is 0 Å². The van der Waals surface area contributed by atoms with Gasteiger partial charge in [-0.3, -0.25) is 0 Å². The standard InChI is InChI=1S/C19H24N4O2S/c1-15-20-18-10-13-23(26(24,25)16-8-4-2-5-9-16)14-17(18)19(21-15)22-11-6-3-7-12-22/h2,4-5,8-9H,3,6-7,10-14H2,1H3. The minimum Gasteiger partial charge on any atom is -0.356 e. The van der Waals surface area contributed by atoms with Gasteiger partial charge >= 0.3 is 0 Å². The van der Waals surface area contributed by atoms with Gasteiger partial charge in [0.1, 0.15) is 11.6 Å². The molecule has 138 valence electrons. The topological polar surface area (TPSA) is 66.4 Å². The van der Waals surface area contributed by atoms with Crippen molar-refractivity contribution in [3.8, 4) is 0 Å². The molecule has 1 fully saturated rings. The number of hydrogen-bond acceptors (Lipinski definition) is 5. The zero-order valence-electron chi connectivity index (χ0n) is 15.1. The number of aromatic nitrogens is 2. The van der Waals surface area contributed by atoms with Gasteiger partial charge in [-0.15, -0.1) is 0 Å². The molecule has 2 aromatic rings. The van der Waals surface area contributed by atoms with Crippen molar-refractivity contribution >= 4 is 15.8 Å². The van der Waals surface area contributed by atoms with Crippen LogP contribution in [0, 0.1) is 6.92 Å². The van der Waals surface area contributed by atoms with Gasteiger partial charge in [-0.1, -0.05) is 18.2 Å². The molecule has 0 amide bonds. The smallest absolute Gasteiger partial charge is 0.243 e. The Kier molecular flexibility index (Phi) is 4.67. The van der Waals surface area contributed by atoms with Crippen molar-refractivity contribution < 1.29 is 8.42 Å². The first-order valence-corrected chi connectivity index (χ1v) is 10.7. The molecule has 1 saturated heterocycles. The lowest BCUT2D eigenvalue weighted by molar-refractivity contribution is 0.385. The highest BCUT2D eigenvalue weighted by atomic mass is 32.2. The molecule has 0 unspecified atom stereocenters. The maximum absolute atomic E-state index is 13.0. The van der Waals surface area contributed by atoms with E-state index in [0.717, 1.165) is 48.8 Å². The maximum Gasteiger partial charge on any atom is 0.243 e. The second kappa shape index (κ2) is 6.96. The summed E-state index contributed by atoms with van der Waals surface area (Å²) in [6.45, 7) is 4.68. The van der Waals surface area contributed by atoms with Gasteiger partial charge in [0.05, 0.1) is 10.6 Å². The van der Waals surface area contributed by atoms with E-state index in [1.807, 2.05) is 13.0 Å². The fourth-order valence-corrected chi connectivity index (χ4v) is 5.24. The third-order valence-corrected chi connectivity index (χ3v) is 7.01. The van der Waals surface area contributed by atoms with Gasteiger partial charge in [-0.2, -0.15) is 4.31 Å². The normalized spacial score (nSPS) is 18.6. The Morgan fingerprint density at radius 2 is 1.69 bits per heavy atom. The number of fused-ring (bicyclic) bond motifs is 1. The van der Waals surface area contributed by atoms with Crippen LogP contribution in [0.3, 0.4) is 0 Å². The van der Waals surface area contributed by atoms with E-state index >= 15 is 0 Å². The van der Waals surface area contributed by atoms with E-state index < -0.39 is 10.0 Å². The summed E-state index contributed by atoms with van der Waals surface area (Å²) in [5.74, 6) is 1.70. The summed E-state index contributed by atoms with van der Waals surface area (Å²) in [5, 5.41) is 0. The highest BCUT2D eigenvalue weighted by molar-refractivity contribution is 7.89. The molecule has 2 aliphatic rings. The monoisotopic (exact) mass is 372 g/mol. The minimum absolute atomic E-state index is 0.344. The Hall–Kier alpha value is -1.99. The molecule has 1 aromatic carbocycles. The van der Waals surface area contributed by atoms with Crippen molar-refractivity contribution in [3.05, 3.63) is 47.4 Å². The van der Waals surface area contributed by atoms with Gasteiger partial charge in [0.15, 0.2) is 0 Å². The molecule has 0 atom stereocenters. The van der Waals surface area contributed by atoms with Crippen molar-refractivity contribution in [2.24, 2.45) is 0 Å². The second-order valence-corrected chi connectivity index (χ2v) is 8.91. The Morgan fingerprint density at radius 3 is 2.42 bits per heavy atom. The zero-order chi connectivity index (χ0) is 18.1. The van der Waals surface area contributed by atoms with E-state index in [9.17, 15) is 8.42 Å². The molecule has 2 aliphatic heterocycles. The van der Waals surface area contributed by atoms with Crippen molar-refractivity contribution in [1.29, 1.82) is 0 Å². The predicted molar refractivity (Wildman–Crippen MR) is 101 cm³/mol. The number of sulfonamides is 1. The van der Waals surface area contributed by atoms with Crippen LogP contribution in [0.15, 0.2) is 35.2 Å². The lowest BCUT2D eigenvalue weighted by Crippen LogP contribution is -2.39. The average molecular weight is 372 g/mol. The third kappa shape index (κ3) is 3.21. The first-order chi connectivity index (χ1) is 12.6. The van der Waals surface area contributed by atoms with E-state index in [4.69, 9.17) is 4.98 Å². The SMILES string of the molecule is Cc1nc2c(c(N3CCCCC3)n1)CN(S(=O)(=O)c1ccccc1)CC2. The molecule has 0 bridgehead atoms. The molecule has 4 rings (SSSR count). The Labute approximate surface area is 154 Å². The number of anilines is 1. The van der Waals surface area contributed by atoms with E-state index in [1.54, 1.807) is 28.6 Å². The van der Waals surface area contributed by atoms with Gasteiger partial charge in [0.2, 0.25) is 10.0 Å². The molecule has 0 radical (unpaired) electrons. The first-order valence-electron chi connectivity index (χ1n) is 9.22. The largest absolute Gasteiger partial charge is 0.356 e. The van der Waals surface area contributed by atoms with Gasteiger partial charge in [-0.25, -0.2) is 18.4 Å². The average Bonchev–Trinajstić information content (AvgIpc) is 2.68. The van der Waals surface area contributed by atoms with E-state index in [0.29, 0.717) is 24.4 Å². The zero-order valence-corrected chi connectivity index (χ0v) is 15.9. The Bertz CT molecular complexity index is 893. The van der Waals surface area contributed by atoms with Crippen LogP contribution in [-0.2, 0) is 23.0 Å². The summed E-state index contributed by atoms with van der Waals surface area (Å²) in [4.78, 5) is 11.9. The van der Waals surface area contributed by atoms with Crippen LogP contribution in [0.1, 0.15) is 36.3 Å². The summed E-state index contributed by atoms with van der Waals surface area (Å²) in [6, 6.07) is 8.66. The summed E-state index contributed by atoms with van der Waals surface area (Å²) in [6.07, 6.45) is 4.19. The van der Waals surface area contributed by atoms with Crippen LogP contribution in [0.4, 0.5) is 5.82 Å². The molecule has 6 nitrogen and oxygen atoms in total. The molecule has 0 N–H and O–H groups in total. The lowest BCUT2D eigenvalue weighted by Gasteiger charge is -2.34. The molecule has 0 spiro atoms. The summed E-state index contributed by atoms with van der Waals surface area (Å²) in [5.41, 5.74) is 1.97. The highest BCUT2D eigenvalue weighted by Gasteiger charge is 2.32. The quantitative estimate of drug-likeness (QED) is 0.828. The lowest BCUT2D eigenvalue weighted by atomic mass is 10.1. The number of piperidine rings is 1. The fourth-order valence-electron chi connectivity index (χ4n) is 3.81. The molecular weight excluding hydrogens is 348 g/mol. The number of aryl methyl sites for hydroxylation is 1. The first kappa shape index (κ1) is 17.4. The molecule has 0 saturated carbocycles. The molecule has 0 aliphatic carbocycles. The van der Waals surface area contributed by atoms with E-state index in [1.165, 1.54) is 6.42 Å². The van der Waals surface area contributed by atoms with Gasteiger partial charge in [0.25, 0.3) is 0 Å². The van der Waals surface area contributed by atoms with Gasteiger partial charge in [0, 0.05) is 38.2 Å². The van der Waals surface area contributed by atoms with Crippen LogP contribution in [0.5, 0.6) is 0 Å². The van der Waals surface area contributed by atoms with Crippen molar-refractivity contribution in [2.75, 3.05) is 24.5 Å². The van der Waals surface area contributed by atoms with Crippen LogP contribution in [0.25, 0.3) is 0 Å². The van der Waals surface area contributed by atoms with E-state index in [2.05, 4.69) is 9.88 Å². The van der Waals surface area contributed by atoms with Crippen molar-refractivity contribution in [2.45, 2.75) is 44.0 Å². The van der Waals surface area contributed by atoms with Gasteiger partial charge in [-0.05, 0) is 38.3 Å². The highest BCUT2D eigenvalue weighted by Crippen LogP contribution is 2.31. The summed E-state index contributed by atoms with van der Waals surface area (Å²) in [7, 11) is -3.50. The second-order valence-electron chi connectivity index (χ2n) is 6.97. The number of nitrogens with zero attached hydrogens (tertiary/aromatic N) is 4. The van der Waals surface area contributed by atoms with Crippen LogP contribution in [-0.4, -0.2) is 42.3 Å². The summed E-state index contributed by atoms with van der Waals surface area (Å²) >= 11 is 0. The van der Waals surface area contributed by atoms with Crippen molar-refractivity contribution in [3.63, 3.8) is 0 Å². The molecule has 3 heterocycles. The maximum atomic E-state index is 13.0. The van der Waals surface area contributed by atoms with Crippen LogP contribution < -0.4 is 4.90 Å². The van der Waals surface area contributed by atoms with Crippen molar-refractivity contribution in [1.82, 2.24) is 14.3 Å². The van der Waals surface area contributed by atoms with Crippen LogP contribution >= 0.6 is 0 Å². The fraction of sp³-hybridized carbons (Fsp3) is 0.474. The Balaban J connectivity index is 1.70. The minimum atomic E-state index is -3.50. The molecule has 1 aromatic heterocycles. The molecular formula is C19H24N4O2S. The Morgan fingerprint density at radius 1 is 0.962 bits per heavy atom. The van der Waals surface area contributed by atoms with E-state index in [-0.39, 0.29) is 0 Å². The summed E-state index contributed by atoms with van der Waals surface area (Å²) < 4.78 is 27.6.